The smallest absolute Gasteiger partial charge is 0.292 e. The number of imidazole rings is 1. The molecular formula is C17H15ClN6O. The molecule has 1 aliphatic rings. The van der Waals surface area contributed by atoms with Crippen LogP contribution in [0.4, 0.5) is 0 Å². The maximum absolute atomic E-state index is 12.8. The van der Waals surface area contributed by atoms with Gasteiger partial charge in [0.05, 0.1) is 17.5 Å². The third-order valence-corrected chi connectivity index (χ3v) is 4.94. The van der Waals surface area contributed by atoms with Crippen LogP contribution in [0.3, 0.4) is 0 Å². The Morgan fingerprint density at radius 1 is 1.28 bits per heavy atom. The monoisotopic (exact) mass is 354 g/mol. The summed E-state index contributed by atoms with van der Waals surface area (Å²) in [6.45, 7) is 0.836. The number of hydrogen-bond donors (Lipinski definition) is 0. The molecule has 1 fully saturated rings. The van der Waals surface area contributed by atoms with Crippen LogP contribution in [0.15, 0.2) is 35.5 Å². The zero-order chi connectivity index (χ0) is 17.1. The Kier molecular flexibility index (Phi) is 3.03. The molecule has 4 aromatic rings. The van der Waals surface area contributed by atoms with Crippen molar-refractivity contribution >= 4 is 33.7 Å². The Morgan fingerprint density at radius 2 is 2.12 bits per heavy atom. The van der Waals surface area contributed by atoms with Crippen molar-refractivity contribution in [1.29, 1.82) is 0 Å². The van der Waals surface area contributed by atoms with Gasteiger partial charge in [0.15, 0.2) is 5.65 Å². The zero-order valence-electron chi connectivity index (χ0n) is 13.6. The average Bonchev–Trinajstić information content (AvgIpc) is 3.19. The molecule has 0 aliphatic heterocycles. The van der Waals surface area contributed by atoms with E-state index in [1.807, 2.05) is 36.0 Å². The molecule has 8 heteroatoms. The fraction of sp³-hybridized carbons (Fsp3) is 0.294. The predicted octanol–water partition coefficient (Wildman–Crippen LogP) is 2.53. The molecule has 0 saturated heterocycles. The quantitative estimate of drug-likeness (QED) is 0.567. The predicted molar refractivity (Wildman–Crippen MR) is 95.1 cm³/mol. The molecule has 0 bridgehead atoms. The van der Waals surface area contributed by atoms with Crippen LogP contribution in [0.2, 0.25) is 5.02 Å². The topological polar surface area (TPSA) is 70.5 Å². The van der Waals surface area contributed by atoms with E-state index in [0.717, 1.165) is 17.4 Å². The summed E-state index contributed by atoms with van der Waals surface area (Å²) in [5, 5.41) is 9.87. The highest BCUT2D eigenvalue weighted by atomic mass is 35.5. The molecule has 126 valence electrons. The second-order valence-electron chi connectivity index (χ2n) is 6.59. The first-order valence-electron chi connectivity index (χ1n) is 8.17. The minimum Gasteiger partial charge on any atom is -0.327 e. The molecule has 0 radical (unpaired) electrons. The van der Waals surface area contributed by atoms with Crippen molar-refractivity contribution in [3.63, 3.8) is 0 Å². The van der Waals surface area contributed by atoms with Gasteiger partial charge in [-0.2, -0.15) is 9.78 Å². The largest absolute Gasteiger partial charge is 0.327 e. The number of halogens is 1. The van der Waals surface area contributed by atoms with E-state index in [9.17, 15) is 4.79 Å². The molecule has 1 aromatic carbocycles. The summed E-state index contributed by atoms with van der Waals surface area (Å²) in [5.74, 6) is 0.656. The maximum atomic E-state index is 12.8. The van der Waals surface area contributed by atoms with E-state index < -0.39 is 0 Å². The highest BCUT2D eigenvalue weighted by Gasteiger charge is 2.24. The van der Waals surface area contributed by atoms with Gasteiger partial charge in [-0.25, -0.2) is 4.98 Å². The maximum Gasteiger partial charge on any atom is 0.292 e. The summed E-state index contributed by atoms with van der Waals surface area (Å²) in [5.41, 5.74) is 2.27. The summed E-state index contributed by atoms with van der Waals surface area (Å²) in [7, 11) is 1.86. The van der Waals surface area contributed by atoms with E-state index in [0.29, 0.717) is 22.8 Å². The summed E-state index contributed by atoms with van der Waals surface area (Å²) in [6, 6.07) is 5.55. The van der Waals surface area contributed by atoms with Gasteiger partial charge in [-0.05, 0) is 37.0 Å². The van der Waals surface area contributed by atoms with Crippen LogP contribution in [0.5, 0.6) is 0 Å². The molecule has 0 atom stereocenters. The van der Waals surface area contributed by atoms with E-state index in [2.05, 4.69) is 15.2 Å². The van der Waals surface area contributed by atoms with Crippen molar-refractivity contribution in [2.75, 3.05) is 0 Å². The third-order valence-electron chi connectivity index (χ3n) is 4.60. The third kappa shape index (κ3) is 2.34. The van der Waals surface area contributed by atoms with E-state index in [4.69, 9.17) is 11.6 Å². The molecule has 1 aliphatic carbocycles. The number of rotatable bonds is 3. The van der Waals surface area contributed by atoms with Gasteiger partial charge < -0.3 is 4.57 Å². The van der Waals surface area contributed by atoms with Crippen molar-refractivity contribution in [2.24, 2.45) is 13.0 Å². The minimum absolute atomic E-state index is 0.162. The summed E-state index contributed by atoms with van der Waals surface area (Å²) < 4.78 is 4.99. The standard InChI is InChI=1S/C17H15ClN6O/c1-22-8-11-6-12(4-5-13(11)20-22)24-17(25)14(18)15-16(21-24)19-9-23(15)7-10-2-3-10/h4-6,8-10H,2-3,7H2,1H3. The molecule has 0 N–H and O–H groups in total. The van der Waals surface area contributed by atoms with Gasteiger partial charge in [0.25, 0.3) is 5.56 Å². The first-order valence-corrected chi connectivity index (χ1v) is 8.55. The van der Waals surface area contributed by atoms with Crippen LogP contribution in [0.25, 0.3) is 27.8 Å². The second-order valence-corrected chi connectivity index (χ2v) is 6.97. The number of nitrogens with zero attached hydrogens (tertiary/aromatic N) is 6. The minimum atomic E-state index is -0.338. The number of hydrogen-bond acceptors (Lipinski definition) is 4. The molecule has 5 rings (SSSR count). The first kappa shape index (κ1) is 14.7. The average molecular weight is 355 g/mol. The second kappa shape index (κ2) is 5.16. The zero-order valence-corrected chi connectivity index (χ0v) is 14.3. The molecule has 1 saturated carbocycles. The van der Waals surface area contributed by atoms with E-state index in [1.165, 1.54) is 17.5 Å². The lowest BCUT2D eigenvalue weighted by atomic mass is 10.2. The van der Waals surface area contributed by atoms with Gasteiger partial charge >= 0.3 is 0 Å². The van der Waals surface area contributed by atoms with Gasteiger partial charge in [0.2, 0.25) is 0 Å². The van der Waals surface area contributed by atoms with Crippen LogP contribution in [-0.2, 0) is 13.6 Å². The first-order chi connectivity index (χ1) is 12.1. The van der Waals surface area contributed by atoms with E-state index in [1.54, 1.807) is 11.0 Å². The van der Waals surface area contributed by atoms with Crippen LogP contribution in [0.1, 0.15) is 12.8 Å². The normalized spacial score (nSPS) is 14.6. The SMILES string of the molecule is Cn1cc2cc(-n3nc4ncn(CC5CC5)c4c(Cl)c3=O)ccc2n1. The van der Waals surface area contributed by atoms with Crippen molar-refractivity contribution in [3.8, 4) is 5.69 Å². The Hall–Kier alpha value is -2.67. The molecule has 25 heavy (non-hydrogen) atoms. The lowest BCUT2D eigenvalue weighted by Crippen LogP contribution is -2.22. The molecule has 3 aromatic heterocycles. The Balaban J connectivity index is 1.69. The highest BCUT2D eigenvalue weighted by molar-refractivity contribution is 6.34. The van der Waals surface area contributed by atoms with Crippen molar-refractivity contribution in [3.05, 3.63) is 46.1 Å². The Bertz CT molecular complexity index is 1180. The van der Waals surface area contributed by atoms with Crippen molar-refractivity contribution in [2.45, 2.75) is 19.4 Å². The van der Waals surface area contributed by atoms with Crippen LogP contribution < -0.4 is 5.56 Å². The Labute approximate surface area is 147 Å². The molecule has 0 spiro atoms. The lowest BCUT2D eigenvalue weighted by molar-refractivity contribution is 0.642. The fourth-order valence-corrected chi connectivity index (χ4v) is 3.44. The fourth-order valence-electron chi connectivity index (χ4n) is 3.16. The van der Waals surface area contributed by atoms with Crippen molar-refractivity contribution in [1.82, 2.24) is 29.1 Å². The van der Waals surface area contributed by atoms with Crippen molar-refractivity contribution < 1.29 is 0 Å². The van der Waals surface area contributed by atoms with Gasteiger partial charge in [-0.3, -0.25) is 9.48 Å². The molecule has 0 amide bonds. The van der Waals surface area contributed by atoms with E-state index in [-0.39, 0.29) is 10.6 Å². The van der Waals surface area contributed by atoms with Gasteiger partial charge in [0, 0.05) is 25.2 Å². The van der Waals surface area contributed by atoms with Crippen LogP contribution in [0, 0.1) is 5.92 Å². The summed E-state index contributed by atoms with van der Waals surface area (Å²) in [6.07, 6.45) is 6.05. The summed E-state index contributed by atoms with van der Waals surface area (Å²) >= 11 is 6.40. The van der Waals surface area contributed by atoms with Gasteiger partial charge in [-0.15, -0.1) is 5.10 Å². The van der Waals surface area contributed by atoms with Crippen LogP contribution >= 0.6 is 11.6 Å². The number of aryl methyl sites for hydroxylation is 1. The van der Waals surface area contributed by atoms with Gasteiger partial charge in [-0.1, -0.05) is 11.6 Å². The number of aromatic nitrogens is 6. The number of fused-ring (bicyclic) bond motifs is 2. The molecule has 7 nitrogen and oxygen atoms in total. The van der Waals surface area contributed by atoms with E-state index >= 15 is 0 Å². The number of benzene rings is 1. The van der Waals surface area contributed by atoms with Gasteiger partial charge in [0.1, 0.15) is 10.5 Å². The highest BCUT2D eigenvalue weighted by Crippen LogP contribution is 2.32. The summed E-state index contributed by atoms with van der Waals surface area (Å²) in [4.78, 5) is 17.1. The molecular weight excluding hydrogens is 340 g/mol. The Morgan fingerprint density at radius 3 is 2.92 bits per heavy atom. The molecule has 3 heterocycles. The molecule has 0 unspecified atom stereocenters. The van der Waals surface area contributed by atoms with Crippen LogP contribution in [-0.4, -0.2) is 29.1 Å². The lowest BCUT2D eigenvalue weighted by Gasteiger charge is -2.07.